The summed E-state index contributed by atoms with van der Waals surface area (Å²) >= 11 is 0. The molecule has 2 amide bonds. The molecule has 1 aromatic heterocycles. The molecule has 2 unspecified atom stereocenters. The quantitative estimate of drug-likeness (QED) is 0.607. The zero-order chi connectivity index (χ0) is 24.0. The summed E-state index contributed by atoms with van der Waals surface area (Å²) < 4.78 is 16.7. The van der Waals surface area contributed by atoms with Gasteiger partial charge in [0.05, 0.1) is 33.9 Å². The lowest BCUT2D eigenvalue weighted by Gasteiger charge is -2.47. The van der Waals surface area contributed by atoms with Crippen molar-refractivity contribution in [3.05, 3.63) is 53.2 Å². The van der Waals surface area contributed by atoms with Gasteiger partial charge >= 0.3 is 0 Å². The van der Waals surface area contributed by atoms with Crippen LogP contribution < -0.4 is 14.2 Å². The van der Waals surface area contributed by atoms with E-state index in [9.17, 15) is 9.59 Å². The van der Waals surface area contributed by atoms with Crippen LogP contribution in [-0.2, 0) is 16.0 Å². The third-order valence-corrected chi connectivity index (χ3v) is 6.84. The van der Waals surface area contributed by atoms with Gasteiger partial charge in [0.25, 0.3) is 0 Å². The Hall–Kier alpha value is -3.68. The second-order valence-electron chi connectivity index (χ2n) is 8.70. The van der Waals surface area contributed by atoms with Gasteiger partial charge in [-0.2, -0.15) is 0 Å². The molecule has 8 nitrogen and oxygen atoms in total. The second-order valence-corrected chi connectivity index (χ2v) is 8.70. The maximum Gasteiger partial charge on any atom is 0.246 e. The summed E-state index contributed by atoms with van der Waals surface area (Å²) in [7, 11) is 4.69. The van der Waals surface area contributed by atoms with Crippen molar-refractivity contribution < 1.29 is 23.8 Å². The van der Waals surface area contributed by atoms with E-state index >= 15 is 0 Å². The van der Waals surface area contributed by atoms with Crippen LogP contribution in [0.25, 0.3) is 10.9 Å². The predicted molar refractivity (Wildman–Crippen MR) is 127 cm³/mol. The number of H-pyrrole nitrogens is 1. The highest BCUT2D eigenvalue weighted by Gasteiger charge is 2.48. The van der Waals surface area contributed by atoms with Gasteiger partial charge in [-0.3, -0.25) is 9.59 Å². The van der Waals surface area contributed by atoms with Crippen molar-refractivity contribution in [2.24, 2.45) is 0 Å². The van der Waals surface area contributed by atoms with E-state index < -0.39 is 12.1 Å². The van der Waals surface area contributed by atoms with Crippen LogP contribution in [0, 0.1) is 0 Å². The average molecular weight is 464 g/mol. The molecule has 0 spiro atoms. The summed E-state index contributed by atoms with van der Waals surface area (Å²) in [5.74, 6) is 1.41. The first-order valence-corrected chi connectivity index (χ1v) is 11.5. The summed E-state index contributed by atoms with van der Waals surface area (Å²) in [4.78, 5) is 34.0. The number of fused-ring (bicyclic) bond motifs is 4. The number of hydrogen-bond acceptors (Lipinski definition) is 5. The molecule has 5 rings (SSSR count). The number of rotatable bonds is 6. The number of para-hydroxylation sites is 1. The van der Waals surface area contributed by atoms with Crippen molar-refractivity contribution >= 4 is 22.7 Å². The van der Waals surface area contributed by atoms with Crippen LogP contribution in [0.2, 0.25) is 0 Å². The lowest BCUT2D eigenvalue weighted by molar-refractivity contribution is -0.158. The van der Waals surface area contributed by atoms with E-state index in [2.05, 4.69) is 11.1 Å². The highest BCUT2D eigenvalue weighted by atomic mass is 16.5. The smallest absolute Gasteiger partial charge is 0.246 e. The molecule has 1 N–H and O–H groups in total. The molecule has 178 valence electrons. The molecule has 2 aliphatic heterocycles. The molecule has 2 aromatic carbocycles. The summed E-state index contributed by atoms with van der Waals surface area (Å²) in [5.41, 5.74) is 3.75. The van der Waals surface area contributed by atoms with Gasteiger partial charge in [0.1, 0.15) is 6.04 Å². The number of hydrogen-bond donors (Lipinski definition) is 1. The Morgan fingerprint density at radius 2 is 1.74 bits per heavy atom. The van der Waals surface area contributed by atoms with Crippen LogP contribution in [0.1, 0.15) is 36.2 Å². The van der Waals surface area contributed by atoms with E-state index in [1.165, 1.54) is 0 Å². The Morgan fingerprint density at radius 1 is 1.03 bits per heavy atom. The lowest BCUT2D eigenvalue weighted by atomic mass is 9.86. The monoisotopic (exact) mass is 463 g/mol. The highest BCUT2D eigenvalue weighted by molar-refractivity contribution is 5.97. The molecule has 0 aliphatic carbocycles. The van der Waals surface area contributed by atoms with Gasteiger partial charge in [-0.05, 0) is 35.7 Å². The number of methoxy groups -OCH3 is 3. The third-order valence-electron chi connectivity index (χ3n) is 6.84. The summed E-state index contributed by atoms with van der Waals surface area (Å²) in [6, 6.07) is 10.7. The average Bonchev–Trinajstić information content (AvgIpc) is 3.23. The van der Waals surface area contributed by atoms with E-state index in [4.69, 9.17) is 14.2 Å². The standard InChI is InChI=1S/C26H29N3O5/c1-5-10-28-14-22(30)29-19(26(28)31)13-17-16-8-6-7-9-18(16)27-23(17)24(29)15-11-20(32-2)25(34-4)21(12-15)33-3/h6-9,11-12,19,24,27H,5,10,13-14H2,1-4H3. The molecule has 3 aromatic rings. The van der Waals surface area contributed by atoms with Gasteiger partial charge in [0.15, 0.2) is 11.5 Å². The van der Waals surface area contributed by atoms with Crippen LogP contribution in [0.4, 0.5) is 0 Å². The molecule has 8 heteroatoms. The van der Waals surface area contributed by atoms with Crippen LogP contribution >= 0.6 is 0 Å². The van der Waals surface area contributed by atoms with Crippen molar-refractivity contribution in [1.82, 2.24) is 14.8 Å². The maximum absolute atomic E-state index is 13.5. The Kier molecular flexibility index (Phi) is 5.59. The number of aromatic nitrogens is 1. The van der Waals surface area contributed by atoms with Crippen molar-refractivity contribution in [2.75, 3.05) is 34.4 Å². The Bertz CT molecular complexity index is 1240. The summed E-state index contributed by atoms with van der Waals surface area (Å²) in [5, 5.41) is 1.07. The van der Waals surface area contributed by atoms with E-state index in [1.54, 1.807) is 31.1 Å². The molecule has 0 bridgehead atoms. The van der Waals surface area contributed by atoms with Gasteiger partial charge < -0.3 is 29.0 Å². The van der Waals surface area contributed by atoms with E-state index in [0.29, 0.717) is 30.2 Å². The third kappa shape index (κ3) is 3.28. The fraction of sp³-hybridized carbons (Fsp3) is 0.385. The Labute approximate surface area is 198 Å². The highest BCUT2D eigenvalue weighted by Crippen LogP contribution is 2.46. The van der Waals surface area contributed by atoms with Crippen molar-refractivity contribution in [1.29, 1.82) is 0 Å². The normalized spacial score (nSPS) is 19.8. The first-order valence-electron chi connectivity index (χ1n) is 11.5. The fourth-order valence-corrected chi connectivity index (χ4v) is 5.39. The number of carbonyl (C=O) groups excluding carboxylic acids is 2. The molecule has 34 heavy (non-hydrogen) atoms. The fourth-order valence-electron chi connectivity index (χ4n) is 5.39. The Balaban J connectivity index is 1.74. The first kappa shape index (κ1) is 22.1. The molecule has 2 atom stereocenters. The number of aromatic amines is 1. The summed E-state index contributed by atoms with van der Waals surface area (Å²) in [6.45, 7) is 2.67. The number of nitrogens with one attached hydrogen (secondary N) is 1. The minimum Gasteiger partial charge on any atom is -0.493 e. The number of nitrogens with zero attached hydrogens (tertiary/aromatic N) is 2. The van der Waals surface area contributed by atoms with Crippen LogP contribution in [0.15, 0.2) is 36.4 Å². The van der Waals surface area contributed by atoms with Gasteiger partial charge in [0, 0.05) is 29.6 Å². The molecule has 1 fully saturated rings. The van der Waals surface area contributed by atoms with Crippen molar-refractivity contribution in [3.8, 4) is 17.2 Å². The SMILES string of the molecule is CCCN1CC(=O)N2C(Cc3c([nH]c4ccccc34)C2c2cc(OC)c(OC)c(OC)c2)C1=O. The molecule has 1 saturated heterocycles. The maximum atomic E-state index is 13.5. The van der Waals surface area contributed by atoms with Crippen LogP contribution in [0.3, 0.4) is 0 Å². The van der Waals surface area contributed by atoms with Gasteiger partial charge in [-0.15, -0.1) is 0 Å². The number of carbonyl (C=O) groups is 2. The molecule has 0 radical (unpaired) electrons. The van der Waals surface area contributed by atoms with Gasteiger partial charge in [0.2, 0.25) is 17.6 Å². The van der Waals surface area contributed by atoms with Gasteiger partial charge in [-0.1, -0.05) is 25.1 Å². The van der Waals surface area contributed by atoms with E-state index in [1.807, 2.05) is 37.3 Å². The molecule has 0 saturated carbocycles. The van der Waals surface area contributed by atoms with Crippen molar-refractivity contribution in [3.63, 3.8) is 0 Å². The first-order chi connectivity index (χ1) is 16.5. The number of piperazine rings is 1. The number of amides is 2. The van der Waals surface area contributed by atoms with Gasteiger partial charge in [-0.25, -0.2) is 0 Å². The molecular formula is C26H29N3O5. The minimum atomic E-state index is -0.566. The number of ether oxygens (including phenoxy) is 3. The van der Waals surface area contributed by atoms with Crippen LogP contribution in [0.5, 0.6) is 17.2 Å². The van der Waals surface area contributed by atoms with Crippen molar-refractivity contribution in [2.45, 2.75) is 31.8 Å². The Morgan fingerprint density at radius 3 is 2.38 bits per heavy atom. The van der Waals surface area contributed by atoms with E-state index in [-0.39, 0.29) is 18.4 Å². The zero-order valence-electron chi connectivity index (χ0n) is 19.9. The predicted octanol–water partition coefficient (Wildman–Crippen LogP) is 3.29. The minimum absolute atomic E-state index is 0.00479. The molecular weight excluding hydrogens is 434 g/mol. The molecule has 3 heterocycles. The number of benzene rings is 2. The van der Waals surface area contributed by atoms with E-state index in [0.717, 1.165) is 34.1 Å². The largest absolute Gasteiger partial charge is 0.493 e. The lowest BCUT2D eigenvalue weighted by Crippen LogP contribution is -2.63. The second kappa shape index (κ2) is 8.59. The topological polar surface area (TPSA) is 84.1 Å². The molecule has 2 aliphatic rings. The zero-order valence-corrected chi connectivity index (χ0v) is 19.9. The van der Waals surface area contributed by atoms with Crippen LogP contribution in [-0.4, -0.2) is 67.1 Å². The summed E-state index contributed by atoms with van der Waals surface area (Å²) in [6.07, 6.45) is 1.28.